The smallest absolute Gasteiger partial charge is 0.252 e. The van der Waals surface area contributed by atoms with Crippen molar-refractivity contribution in [3.8, 4) is 11.5 Å². The Labute approximate surface area is 217 Å². The predicted octanol–water partition coefficient (Wildman–Crippen LogP) is 5.12. The number of carbonyl (C=O) groups excluding carboxylic acids is 1. The third-order valence-corrected chi connectivity index (χ3v) is 6.05. The molecule has 0 saturated heterocycles. The Kier molecular flexibility index (Phi) is 8.53. The number of ether oxygens (including phenoxy) is 2. The number of benzene rings is 2. The second-order valence-electron chi connectivity index (χ2n) is 8.48. The highest BCUT2D eigenvalue weighted by Gasteiger charge is 2.18. The third-order valence-electron chi connectivity index (χ3n) is 6.05. The van der Waals surface area contributed by atoms with Gasteiger partial charge in [-0.15, -0.1) is 0 Å². The molecule has 192 valence electrons. The topological polar surface area (TPSA) is 111 Å². The van der Waals surface area contributed by atoms with Gasteiger partial charge in [-0.05, 0) is 55.2 Å². The van der Waals surface area contributed by atoms with Gasteiger partial charge in [0, 0.05) is 48.8 Å². The van der Waals surface area contributed by atoms with E-state index < -0.39 is 5.91 Å². The molecule has 4 aromatic rings. The summed E-state index contributed by atoms with van der Waals surface area (Å²) in [5.41, 5.74) is 11.7. The summed E-state index contributed by atoms with van der Waals surface area (Å²) in [5.74, 6) is 0.640. The van der Waals surface area contributed by atoms with Crippen molar-refractivity contribution in [2.75, 3.05) is 18.5 Å². The van der Waals surface area contributed by atoms with E-state index in [0.29, 0.717) is 48.0 Å². The van der Waals surface area contributed by atoms with Crippen LogP contribution in [-0.4, -0.2) is 29.1 Å². The molecule has 0 atom stereocenters. The molecule has 0 radical (unpaired) electrons. The van der Waals surface area contributed by atoms with Crippen molar-refractivity contribution in [3.05, 3.63) is 83.3 Å². The van der Waals surface area contributed by atoms with Crippen molar-refractivity contribution in [1.82, 2.24) is 15.3 Å². The van der Waals surface area contributed by atoms with Crippen LogP contribution in [0.15, 0.2) is 61.1 Å². The summed E-state index contributed by atoms with van der Waals surface area (Å²) >= 11 is 0. The van der Waals surface area contributed by atoms with Gasteiger partial charge in [0.2, 0.25) is 0 Å². The maximum atomic E-state index is 12.4. The van der Waals surface area contributed by atoms with E-state index in [9.17, 15) is 4.79 Å². The maximum absolute atomic E-state index is 12.4. The molecule has 4 N–H and O–H groups in total. The molecule has 0 aliphatic carbocycles. The number of amides is 1. The number of nitrogens with one attached hydrogen (secondary N) is 2. The number of anilines is 2. The van der Waals surface area contributed by atoms with Crippen LogP contribution >= 0.6 is 0 Å². The molecule has 0 spiro atoms. The zero-order valence-corrected chi connectivity index (χ0v) is 21.5. The van der Waals surface area contributed by atoms with Crippen LogP contribution in [0.4, 0.5) is 11.4 Å². The van der Waals surface area contributed by atoms with Gasteiger partial charge in [-0.3, -0.25) is 14.8 Å². The largest absolute Gasteiger partial charge is 0.490 e. The van der Waals surface area contributed by atoms with Gasteiger partial charge in [0.15, 0.2) is 11.5 Å². The number of nitrogens with two attached hydrogens (primary N) is 1. The van der Waals surface area contributed by atoms with Crippen LogP contribution in [0.1, 0.15) is 47.8 Å². The molecule has 2 heterocycles. The SMILES string of the molecule is CCOc1cc2ncc(C(N)=O)c(Nc3cccc(CNCc4cccnc4)c3CC)c2cc1OCC. The Morgan fingerprint density at radius 1 is 0.973 bits per heavy atom. The number of aromatic nitrogens is 2. The number of primary amides is 1. The molecule has 8 heteroatoms. The Balaban J connectivity index is 1.72. The number of hydrogen-bond donors (Lipinski definition) is 3. The average molecular weight is 500 g/mol. The number of pyridine rings is 2. The Hall–Kier alpha value is -4.17. The summed E-state index contributed by atoms with van der Waals surface area (Å²) in [5, 5.41) is 7.74. The first-order chi connectivity index (χ1) is 18.0. The van der Waals surface area contributed by atoms with Crippen molar-refractivity contribution < 1.29 is 14.3 Å². The minimum absolute atomic E-state index is 0.307. The van der Waals surface area contributed by atoms with Gasteiger partial charge >= 0.3 is 0 Å². The Morgan fingerprint density at radius 2 is 1.76 bits per heavy atom. The van der Waals surface area contributed by atoms with Crippen molar-refractivity contribution in [2.24, 2.45) is 5.73 Å². The van der Waals surface area contributed by atoms with Crippen LogP contribution in [0.5, 0.6) is 11.5 Å². The van der Waals surface area contributed by atoms with Crippen molar-refractivity contribution in [2.45, 2.75) is 40.3 Å². The zero-order valence-electron chi connectivity index (χ0n) is 21.5. The van der Waals surface area contributed by atoms with E-state index in [1.54, 1.807) is 6.20 Å². The third kappa shape index (κ3) is 5.98. The first-order valence-corrected chi connectivity index (χ1v) is 12.5. The zero-order chi connectivity index (χ0) is 26.2. The number of hydrogen-bond acceptors (Lipinski definition) is 7. The molecule has 0 aliphatic rings. The fraction of sp³-hybridized carbons (Fsp3) is 0.276. The average Bonchev–Trinajstić information content (AvgIpc) is 2.90. The normalized spacial score (nSPS) is 10.9. The maximum Gasteiger partial charge on any atom is 0.252 e. The predicted molar refractivity (Wildman–Crippen MR) is 146 cm³/mol. The van der Waals surface area contributed by atoms with Crippen LogP contribution < -0.4 is 25.8 Å². The highest BCUT2D eigenvalue weighted by molar-refractivity contribution is 6.08. The first-order valence-electron chi connectivity index (χ1n) is 12.5. The first kappa shape index (κ1) is 25.9. The van der Waals surface area contributed by atoms with E-state index in [-0.39, 0.29) is 0 Å². The monoisotopic (exact) mass is 499 g/mol. The fourth-order valence-corrected chi connectivity index (χ4v) is 4.37. The molecule has 2 aromatic heterocycles. The fourth-order valence-electron chi connectivity index (χ4n) is 4.37. The van der Waals surface area contributed by atoms with E-state index in [4.69, 9.17) is 15.2 Å². The standard InChI is InChI=1S/C29H33N5O3/c1-4-21-20(17-32-16-19-9-8-12-31-15-19)10-7-11-24(21)34-28-22-13-26(36-5-2)27(37-6-3)14-25(22)33-18-23(28)29(30)35/h7-15,18,32H,4-6,16-17H2,1-3H3,(H2,30,35)(H,33,34). The quantitative estimate of drug-likeness (QED) is 0.248. The van der Waals surface area contributed by atoms with E-state index >= 15 is 0 Å². The number of carbonyl (C=O) groups is 1. The van der Waals surface area contributed by atoms with Gasteiger partial charge in [-0.1, -0.05) is 25.1 Å². The highest BCUT2D eigenvalue weighted by Crippen LogP contribution is 2.38. The van der Waals surface area contributed by atoms with E-state index in [2.05, 4.69) is 33.6 Å². The van der Waals surface area contributed by atoms with Crippen LogP contribution in [-0.2, 0) is 19.5 Å². The summed E-state index contributed by atoms with van der Waals surface area (Å²) < 4.78 is 11.6. The van der Waals surface area contributed by atoms with Crippen molar-refractivity contribution in [3.63, 3.8) is 0 Å². The van der Waals surface area contributed by atoms with Gasteiger partial charge in [-0.25, -0.2) is 0 Å². The lowest BCUT2D eigenvalue weighted by Gasteiger charge is -2.19. The number of rotatable bonds is 12. The minimum atomic E-state index is -0.559. The second kappa shape index (κ2) is 12.2. The van der Waals surface area contributed by atoms with E-state index in [1.807, 2.05) is 56.4 Å². The van der Waals surface area contributed by atoms with E-state index in [0.717, 1.165) is 35.2 Å². The molecule has 1 amide bonds. The van der Waals surface area contributed by atoms with Crippen LogP contribution in [0, 0.1) is 0 Å². The lowest BCUT2D eigenvalue weighted by molar-refractivity contribution is 0.100. The number of fused-ring (bicyclic) bond motifs is 1. The van der Waals surface area contributed by atoms with Crippen molar-refractivity contribution >= 4 is 28.2 Å². The Bertz CT molecular complexity index is 1380. The Morgan fingerprint density at radius 3 is 2.43 bits per heavy atom. The summed E-state index contributed by atoms with van der Waals surface area (Å²) in [6.07, 6.45) is 5.94. The van der Waals surface area contributed by atoms with Gasteiger partial charge < -0.3 is 25.8 Å². The molecule has 0 saturated carbocycles. The second-order valence-corrected chi connectivity index (χ2v) is 8.48. The molecule has 0 aliphatic heterocycles. The molecule has 4 rings (SSSR count). The molecule has 2 aromatic carbocycles. The summed E-state index contributed by atoms with van der Waals surface area (Å²) in [6, 6.07) is 13.8. The molecule has 37 heavy (non-hydrogen) atoms. The summed E-state index contributed by atoms with van der Waals surface area (Å²) in [4.78, 5) is 21.1. The van der Waals surface area contributed by atoms with Gasteiger partial charge in [0.1, 0.15) is 0 Å². The van der Waals surface area contributed by atoms with Gasteiger partial charge in [0.25, 0.3) is 5.91 Å². The van der Waals surface area contributed by atoms with Crippen LogP contribution in [0.2, 0.25) is 0 Å². The lowest BCUT2D eigenvalue weighted by atomic mass is 10.0. The van der Waals surface area contributed by atoms with Gasteiger partial charge in [0.05, 0.1) is 30.0 Å². The van der Waals surface area contributed by atoms with E-state index in [1.165, 1.54) is 11.8 Å². The lowest BCUT2D eigenvalue weighted by Crippen LogP contribution is -2.16. The molecule has 0 unspecified atom stereocenters. The van der Waals surface area contributed by atoms with Crippen LogP contribution in [0.25, 0.3) is 10.9 Å². The molecule has 0 fully saturated rings. The molecular formula is C29H33N5O3. The van der Waals surface area contributed by atoms with Crippen molar-refractivity contribution in [1.29, 1.82) is 0 Å². The molecular weight excluding hydrogens is 466 g/mol. The minimum Gasteiger partial charge on any atom is -0.490 e. The van der Waals surface area contributed by atoms with Gasteiger partial charge in [-0.2, -0.15) is 0 Å². The number of nitrogens with zero attached hydrogens (tertiary/aromatic N) is 2. The summed E-state index contributed by atoms with van der Waals surface area (Å²) in [6.45, 7) is 8.34. The highest BCUT2D eigenvalue weighted by atomic mass is 16.5. The summed E-state index contributed by atoms with van der Waals surface area (Å²) in [7, 11) is 0. The van der Waals surface area contributed by atoms with Crippen LogP contribution in [0.3, 0.4) is 0 Å². The molecule has 0 bridgehead atoms. The molecule has 8 nitrogen and oxygen atoms in total.